The van der Waals surface area contributed by atoms with Gasteiger partial charge in [0.15, 0.2) is 51.3 Å². The van der Waals surface area contributed by atoms with Gasteiger partial charge < -0.3 is 24.3 Å². The first-order valence-corrected chi connectivity index (χ1v) is 14.6. The van der Waals surface area contributed by atoms with Gasteiger partial charge in [-0.2, -0.15) is 0 Å². The Morgan fingerprint density at radius 3 is 1.62 bits per heavy atom. The van der Waals surface area contributed by atoms with Crippen LogP contribution in [0.15, 0.2) is 36.9 Å². The van der Waals surface area contributed by atoms with E-state index in [9.17, 15) is 18.4 Å². The van der Waals surface area contributed by atoms with Crippen molar-refractivity contribution in [3.05, 3.63) is 85.2 Å². The number of nitrogens with zero attached hydrogens (tertiary/aromatic N) is 4. The molecule has 11 nitrogen and oxygen atoms in total. The Hall–Kier alpha value is -4.01. The lowest BCUT2D eigenvalue weighted by Gasteiger charge is -2.13. The molecule has 4 aromatic rings. The van der Waals surface area contributed by atoms with Crippen LogP contribution < -0.4 is 14.8 Å². The highest BCUT2D eigenvalue weighted by molar-refractivity contribution is 6.43. The van der Waals surface area contributed by atoms with Crippen LogP contribution in [0.25, 0.3) is 22.8 Å². The third-order valence-corrected chi connectivity index (χ3v) is 7.50. The fourth-order valence-electron chi connectivity index (χ4n) is 3.64. The molecule has 2 heterocycles. The minimum absolute atomic E-state index is 0.00952. The van der Waals surface area contributed by atoms with Crippen molar-refractivity contribution in [1.82, 2.24) is 19.9 Å². The van der Waals surface area contributed by atoms with Crippen LogP contribution in [-0.2, 0) is 9.47 Å². The van der Waals surface area contributed by atoms with Crippen LogP contribution >= 0.6 is 58.0 Å². The van der Waals surface area contributed by atoms with E-state index >= 15 is 0 Å². The summed E-state index contributed by atoms with van der Waals surface area (Å²) in [5.41, 5.74) is -0.531. The zero-order valence-electron chi connectivity index (χ0n) is 24.7. The van der Waals surface area contributed by atoms with Crippen molar-refractivity contribution in [2.45, 2.75) is 0 Å². The second kappa shape index (κ2) is 16.7. The van der Waals surface area contributed by atoms with Gasteiger partial charge in [0, 0.05) is 6.54 Å². The quantitative estimate of drug-likeness (QED) is 0.101. The van der Waals surface area contributed by atoms with Gasteiger partial charge in [-0.3, -0.25) is 0 Å². The maximum Gasteiger partial charge on any atom is 0.358 e. The summed E-state index contributed by atoms with van der Waals surface area (Å²) in [5.74, 6) is -3.57. The van der Waals surface area contributed by atoms with E-state index in [1.165, 1.54) is 45.6 Å². The van der Waals surface area contributed by atoms with Crippen LogP contribution in [0.1, 0.15) is 21.0 Å². The normalized spacial score (nSPS) is 10.4. The predicted octanol–water partition coefficient (Wildman–Crippen LogP) is 8.02. The molecule has 0 aliphatic carbocycles. The molecule has 1 N–H and O–H groups in total. The van der Waals surface area contributed by atoms with Gasteiger partial charge in [-0.05, 0) is 24.3 Å². The highest BCUT2D eigenvalue weighted by Gasteiger charge is 2.24. The topological polar surface area (TPSA) is 135 Å². The molecule has 0 radical (unpaired) electrons. The number of esters is 2. The van der Waals surface area contributed by atoms with Gasteiger partial charge in [0.2, 0.25) is 0 Å². The number of aromatic nitrogens is 4. The van der Waals surface area contributed by atoms with Crippen molar-refractivity contribution < 1.29 is 37.3 Å². The number of nitrogens with one attached hydrogen (secondary N) is 1. The van der Waals surface area contributed by atoms with Crippen molar-refractivity contribution in [3.63, 3.8) is 0 Å². The van der Waals surface area contributed by atoms with Crippen molar-refractivity contribution >= 4 is 75.8 Å². The lowest BCUT2D eigenvalue weighted by molar-refractivity contribution is 0.0585. The second-order valence-electron chi connectivity index (χ2n) is 8.60. The number of hydrogen-bond donors (Lipinski definition) is 1. The van der Waals surface area contributed by atoms with Gasteiger partial charge in [0.05, 0.1) is 49.6 Å². The average Bonchev–Trinajstić information content (AvgIpc) is 3.05. The lowest BCUT2D eigenvalue weighted by Crippen LogP contribution is -2.12. The Morgan fingerprint density at radius 1 is 0.745 bits per heavy atom. The van der Waals surface area contributed by atoms with Crippen LogP contribution in [0, 0.1) is 11.6 Å². The minimum Gasteiger partial charge on any atom is -0.492 e. The molecule has 2 aromatic carbocycles. The molecule has 0 fully saturated rings. The number of carbonyl (C=O) groups excluding carboxylic acids is 2. The summed E-state index contributed by atoms with van der Waals surface area (Å²) in [6.07, 6.45) is 1.57. The molecule has 0 aliphatic heterocycles. The maximum absolute atomic E-state index is 14.6. The number of methoxy groups -OCH3 is 4. The number of carbonyl (C=O) groups is 2. The van der Waals surface area contributed by atoms with E-state index in [1.54, 1.807) is 6.08 Å². The maximum atomic E-state index is 14.6. The first kappa shape index (κ1) is 37.4. The summed E-state index contributed by atoms with van der Waals surface area (Å²) >= 11 is 29.6. The van der Waals surface area contributed by atoms with Crippen LogP contribution in [-0.4, -0.2) is 66.9 Å². The molecule has 0 saturated heterocycles. The first-order chi connectivity index (χ1) is 22.3. The van der Waals surface area contributed by atoms with E-state index in [4.69, 9.17) is 67.5 Å². The molecule has 2 aromatic heterocycles. The molecule has 0 unspecified atom stereocenters. The van der Waals surface area contributed by atoms with Gasteiger partial charge >= 0.3 is 11.9 Å². The first-order valence-electron chi connectivity index (χ1n) is 12.7. The number of hydrogen-bond acceptors (Lipinski definition) is 11. The Morgan fingerprint density at radius 2 is 1.19 bits per heavy atom. The zero-order chi connectivity index (χ0) is 35.0. The predicted molar refractivity (Wildman–Crippen MR) is 174 cm³/mol. The number of halogens is 7. The Labute approximate surface area is 291 Å². The van der Waals surface area contributed by atoms with E-state index in [2.05, 4.69) is 41.3 Å². The van der Waals surface area contributed by atoms with Crippen LogP contribution in [0.2, 0.25) is 25.2 Å². The second-order valence-corrected chi connectivity index (χ2v) is 10.5. The Balaban J connectivity index is 0.000000257. The van der Waals surface area contributed by atoms with Gasteiger partial charge in [0.25, 0.3) is 0 Å². The molecule has 0 saturated carbocycles. The number of ether oxygens (including phenoxy) is 4. The molecular weight excluding hydrogens is 730 g/mol. The Bertz CT molecular complexity index is 1850. The van der Waals surface area contributed by atoms with E-state index in [-0.39, 0.29) is 76.7 Å². The van der Waals surface area contributed by atoms with Crippen molar-refractivity contribution in [1.29, 1.82) is 0 Å². The van der Waals surface area contributed by atoms with E-state index in [0.717, 1.165) is 7.11 Å². The molecule has 0 spiro atoms. The summed E-state index contributed by atoms with van der Waals surface area (Å²) in [4.78, 5) is 39.5. The molecule has 248 valence electrons. The monoisotopic (exact) mass is 749 g/mol. The van der Waals surface area contributed by atoms with Gasteiger partial charge in [0.1, 0.15) is 15.9 Å². The summed E-state index contributed by atoms with van der Waals surface area (Å²) in [6, 6.07) is 5.55. The zero-order valence-corrected chi connectivity index (χ0v) is 28.5. The van der Waals surface area contributed by atoms with E-state index < -0.39 is 23.6 Å². The number of anilines is 1. The molecule has 0 aliphatic rings. The molecule has 0 bridgehead atoms. The fraction of sp³-hybridized carbons (Fsp3) is 0.172. The highest BCUT2D eigenvalue weighted by Crippen LogP contribution is 2.37. The molecule has 4 rings (SSSR count). The lowest BCUT2D eigenvalue weighted by atomic mass is 10.1. The van der Waals surface area contributed by atoms with Crippen molar-refractivity contribution in [2.24, 2.45) is 0 Å². The smallest absolute Gasteiger partial charge is 0.358 e. The van der Waals surface area contributed by atoms with Crippen LogP contribution in [0.3, 0.4) is 0 Å². The Kier molecular flexibility index (Phi) is 13.3. The van der Waals surface area contributed by atoms with E-state index in [0.29, 0.717) is 6.54 Å². The van der Waals surface area contributed by atoms with Crippen molar-refractivity contribution in [2.75, 3.05) is 40.3 Å². The SMILES string of the molecule is C=CCNc1nc(-c2ccc(Cl)c(OC)c2F)nc(C(=O)OC)c1Cl.COC(=O)c1nc(-c2ccc(Cl)c(OC)c2F)nc(Cl)c1Cl. The van der Waals surface area contributed by atoms with Crippen LogP contribution in [0.4, 0.5) is 14.6 Å². The minimum atomic E-state index is -0.822. The summed E-state index contributed by atoms with van der Waals surface area (Å²) in [6.45, 7) is 3.90. The standard InChI is InChI=1S/C16H14Cl2FN3O3.C13H8Cl3FN2O3/c1-4-7-20-15-10(18)12(16(23)25-3)21-14(22-15)8-5-6-9(17)13(24-2)11(8)19;1-21-10-6(14)4-3-5(8(10)17)12-18-9(13(20)22-2)7(15)11(16)19-12/h4-6H,1,7H2,2-3H3,(H,20,21,22);3-4H,1-2H3. The van der Waals surface area contributed by atoms with E-state index in [1.807, 2.05) is 0 Å². The third-order valence-electron chi connectivity index (χ3n) is 5.82. The van der Waals surface area contributed by atoms with Gasteiger partial charge in [-0.15, -0.1) is 6.58 Å². The van der Waals surface area contributed by atoms with Crippen molar-refractivity contribution in [3.8, 4) is 34.3 Å². The summed E-state index contributed by atoms with van der Waals surface area (Å²) in [5, 5.41) is 2.60. The number of rotatable bonds is 9. The fourth-order valence-corrected chi connectivity index (χ4v) is 4.65. The van der Waals surface area contributed by atoms with Crippen LogP contribution in [0.5, 0.6) is 11.5 Å². The molecule has 18 heteroatoms. The van der Waals surface area contributed by atoms with Gasteiger partial charge in [-0.1, -0.05) is 64.1 Å². The molecular formula is C29H22Cl5F2N5O6. The number of benzene rings is 2. The summed E-state index contributed by atoms with van der Waals surface area (Å²) < 4.78 is 48.1. The molecule has 0 amide bonds. The average molecular weight is 752 g/mol. The molecule has 47 heavy (non-hydrogen) atoms. The largest absolute Gasteiger partial charge is 0.492 e. The van der Waals surface area contributed by atoms with Gasteiger partial charge in [-0.25, -0.2) is 38.3 Å². The summed E-state index contributed by atoms with van der Waals surface area (Å²) in [7, 11) is 4.89. The third kappa shape index (κ3) is 8.29. The molecule has 0 atom stereocenters. The highest BCUT2D eigenvalue weighted by atomic mass is 35.5.